The zero-order valence-corrected chi connectivity index (χ0v) is 17.8. The van der Waals surface area contributed by atoms with Crippen molar-refractivity contribution in [2.24, 2.45) is 0 Å². The van der Waals surface area contributed by atoms with Gasteiger partial charge in [-0.2, -0.15) is 0 Å². The Labute approximate surface area is 184 Å². The maximum atomic E-state index is 5.32. The van der Waals surface area contributed by atoms with Crippen molar-refractivity contribution in [3.05, 3.63) is 96.7 Å². The summed E-state index contributed by atoms with van der Waals surface area (Å²) in [6.45, 7) is 0. The molecule has 0 N–H and O–H groups in total. The smallest absolute Gasteiger partial charge is 0.196 e. The molecular formula is C25H20N4OS. The van der Waals surface area contributed by atoms with Crippen molar-refractivity contribution in [1.29, 1.82) is 0 Å². The highest BCUT2D eigenvalue weighted by Crippen LogP contribution is 2.31. The predicted octanol–water partition coefficient (Wildman–Crippen LogP) is 5.78. The van der Waals surface area contributed by atoms with E-state index in [0.29, 0.717) is 5.82 Å². The molecule has 2 heterocycles. The van der Waals surface area contributed by atoms with Crippen molar-refractivity contribution >= 4 is 22.5 Å². The molecular weight excluding hydrogens is 404 g/mol. The molecule has 0 aliphatic carbocycles. The van der Waals surface area contributed by atoms with Crippen LogP contribution in [0.3, 0.4) is 0 Å². The van der Waals surface area contributed by atoms with Crippen molar-refractivity contribution < 1.29 is 4.74 Å². The summed E-state index contributed by atoms with van der Waals surface area (Å²) in [7, 11) is 1.67. The fourth-order valence-electron chi connectivity index (χ4n) is 3.55. The number of pyridine rings is 1. The third-order valence-electron chi connectivity index (χ3n) is 5.09. The summed E-state index contributed by atoms with van der Waals surface area (Å²) in [5.41, 5.74) is 3.02. The molecule has 0 spiro atoms. The molecule has 0 saturated carbocycles. The van der Waals surface area contributed by atoms with E-state index in [2.05, 4.69) is 62.2 Å². The first-order valence-electron chi connectivity index (χ1n) is 9.94. The zero-order chi connectivity index (χ0) is 21.0. The summed E-state index contributed by atoms with van der Waals surface area (Å²) < 4.78 is 7.37. The number of thioether (sulfide) groups is 1. The molecule has 0 fully saturated rings. The van der Waals surface area contributed by atoms with Crippen molar-refractivity contribution in [2.45, 2.75) is 10.9 Å². The lowest BCUT2D eigenvalue weighted by atomic mass is 10.1. The average Bonchev–Trinajstić information content (AvgIpc) is 3.27. The normalized spacial score (nSPS) is 11.0. The summed E-state index contributed by atoms with van der Waals surface area (Å²) >= 11 is 1.67. The third kappa shape index (κ3) is 3.90. The molecule has 0 saturated heterocycles. The van der Waals surface area contributed by atoms with Crippen LogP contribution in [0.5, 0.6) is 5.75 Å². The average molecular weight is 425 g/mol. The molecule has 5 aromatic rings. The van der Waals surface area contributed by atoms with Crippen LogP contribution in [-0.4, -0.2) is 26.9 Å². The van der Waals surface area contributed by atoms with Crippen LogP contribution < -0.4 is 4.74 Å². The number of nitrogens with zero attached hydrogens (tertiary/aromatic N) is 4. The molecule has 0 unspecified atom stereocenters. The highest BCUT2D eigenvalue weighted by Gasteiger charge is 2.17. The molecule has 0 bridgehead atoms. The zero-order valence-electron chi connectivity index (χ0n) is 17.0. The van der Waals surface area contributed by atoms with E-state index in [1.807, 2.05) is 42.5 Å². The van der Waals surface area contributed by atoms with Gasteiger partial charge in [-0.05, 0) is 52.7 Å². The molecule has 0 amide bonds. The maximum absolute atomic E-state index is 5.32. The van der Waals surface area contributed by atoms with Crippen LogP contribution in [0.25, 0.3) is 28.0 Å². The van der Waals surface area contributed by atoms with Gasteiger partial charge < -0.3 is 4.74 Å². The van der Waals surface area contributed by atoms with Crippen LogP contribution in [0.2, 0.25) is 0 Å². The number of hydrogen-bond acceptors (Lipinski definition) is 5. The highest BCUT2D eigenvalue weighted by molar-refractivity contribution is 7.98. The number of methoxy groups -OCH3 is 1. The van der Waals surface area contributed by atoms with E-state index >= 15 is 0 Å². The Balaban J connectivity index is 1.54. The van der Waals surface area contributed by atoms with Crippen molar-refractivity contribution in [2.75, 3.05) is 7.11 Å². The van der Waals surface area contributed by atoms with Gasteiger partial charge in [0.25, 0.3) is 0 Å². The van der Waals surface area contributed by atoms with Gasteiger partial charge in [-0.15, -0.1) is 10.2 Å². The predicted molar refractivity (Wildman–Crippen MR) is 125 cm³/mol. The van der Waals surface area contributed by atoms with Gasteiger partial charge in [0, 0.05) is 11.9 Å². The summed E-state index contributed by atoms with van der Waals surface area (Å²) in [6.07, 6.45) is 1.77. The number of rotatable bonds is 6. The number of ether oxygens (including phenoxy) is 1. The molecule has 0 radical (unpaired) electrons. The quantitative estimate of drug-likeness (QED) is 0.323. The molecule has 31 heavy (non-hydrogen) atoms. The first-order chi connectivity index (χ1) is 15.3. The lowest BCUT2D eigenvalue weighted by Gasteiger charge is -2.11. The molecule has 5 rings (SSSR count). The Morgan fingerprint density at radius 3 is 2.45 bits per heavy atom. The van der Waals surface area contributed by atoms with Crippen molar-refractivity contribution in [3.63, 3.8) is 0 Å². The first-order valence-corrected chi connectivity index (χ1v) is 10.9. The third-order valence-corrected chi connectivity index (χ3v) is 6.07. The van der Waals surface area contributed by atoms with Gasteiger partial charge in [0.05, 0.1) is 12.8 Å². The number of aromatic nitrogens is 4. The Kier molecular flexibility index (Phi) is 5.37. The van der Waals surface area contributed by atoms with E-state index in [4.69, 9.17) is 4.74 Å². The fourth-order valence-corrected chi connectivity index (χ4v) is 4.50. The van der Waals surface area contributed by atoms with Crippen LogP contribution in [0.15, 0.2) is 96.3 Å². The van der Waals surface area contributed by atoms with Gasteiger partial charge in [-0.3, -0.25) is 9.55 Å². The van der Waals surface area contributed by atoms with Crippen LogP contribution in [0.4, 0.5) is 0 Å². The minimum absolute atomic E-state index is 0.714. The monoisotopic (exact) mass is 424 g/mol. The van der Waals surface area contributed by atoms with Gasteiger partial charge in [-0.25, -0.2) is 0 Å². The van der Waals surface area contributed by atoms with Crippen molar-refractivity contribution in [3.8, 4) is 23.0 Å². The van der Waals surface area contributed by atoms with E-state index in [0.717, 1.165) is 28.0 Å². The van der Waals surface area contributed by atoms with E-state index < -0.39 is 0 Å². The van der Waals surface area contributed by atoms with Crippen LogP contribution in [0, 0.1) is 0 Å². The van der Waals surface area contributed by atoms with E-state index in [1.54, 1.807) is 25.1 Å². The Hall–Kier alpha value is -3.64. The second-order valence-electron chi connectivity index (χ2n) is 6.98. The van der Waals surface area contributed by atoms with Crippen molar-refractivity contribution in [1.82, 2.24) is 19.7 Å². The SMILES string of the molecule is COc1ccc(-n2c(SCc3cccc4ccccc34)nnc2-c2ccccn2)cc1. The molecule has 3 aromatic carbocycles. The lowest BCUT2D eigenvalue weighted by molar-refractivity contribution is 0.414. The van der Waals surface area contributed by atoms with Crippen LogP contribution in [0.1, 0.15) is 5.56 Å². The number of benzene rings is 3. The largest absolute Gasteiger partial charge is 0.497 e. The van der Waals surface area contributed by atoms with Gasteiger partial charge in [0.15, 0.2) is 11.0 Å². The summed E-state index contributed by atoms with van der Waals surface area (Å²) in [5.74, 6) is 2.31. The molecule has 6 heteroatoms. The highest BCUT2D eigenvalue weighted by atomic mass is 32.2. The van der Waals surface area contributed by atoms with E-state index in [9.17, 15) is 0 Å². The second kappa shape index (κ2) is 8.62. The van der Waals surface area contributed by atoms with Gasteiger partial charge in [-0.1, -0.05) is 60.3 Å². The topological polar surface area (TPSA) is 52.8 Å². The number of hydrogen-bond donors (Lipinski definition) is 0. The molecule has 0 aliphatic rings. The lowest BCUT2D eigenvalue weighted by Crippen LogP contribution is -2.01. The molecule has 0 aliphatic heterocycles. The Morgan fingerprint density at radius 1 is 0.839 bits per heavy atom. The second-order valence-corrected chi connectivity index (χ2v) is 7.92. The fraction of sp³-hybridized carbons (Fsp3) is 0.0800. The van der Waals surface area contributed by atoms with E-state index in [-0.39, 0.29) is 0 Å². The van der Waals surface area contributed by atoms with Crippen LogP contribution in [-0.2, 0) is 5.75 Å². The summed E-state index contributed by atoms with van der Waals surface area (Å²) in [4.78, 5) is 4.48. The Bertz CT molecular complexity index is 1310. The minimum Gasteiger partial charge on any atom is -0.497 e. The van der Waals surface area contributed by atoms with E-state index in [1.165, 1.54) is 16.3 Å². The van der Waals surface area contributed by atoms with Gasteiger partial charge in [0.2, 0.25) is 0 Å². The summed E-state index contributed by atoms with van der Waals surface area (Å²) in [5, 5.41) is 12.3. The molecule has 152 valence electrons. The Morgan fingerprint density at radius 2 is 1.65 bits per heavy atom. The number of fused-ring (bicyclic) bond motifs is 1. The first kappa shape index (κ1) is 19.3. The maximum Gasteiger partial charge on any atom is 0.196 e. The van der Waals surface area contributed by atoms with Gasteiger partial charge in [0.1, 0.15) is 11.4 Å². The standard InChI is InChI=1S/C25H20N4OS/c1-30-21-14-12-20(13-15-21)29-24(23-11-4-5-16-26-23)27-28-25(29)31-17-19-9-6-8-18-7-2-3-10-22(18)19/h2-16H,17H2,1H3. The molecule has 5 nitrogen and oxygen atoms in total. The summed E-state index contributed by atoms with van der Waals surface area (Å²) in [6, 6.07) is 28.6. The van der Waals surface area contributed by atoms with Gasteiger partial charge >= 0.3 is 0 Å². The van der Waals surface area contributed by atoms with Crippen LogP contribution >= 0.6 is 11.8 Å². The molecule has 0 atom stereocenters. The minimum atomic E-state index is 0.714. The molecule has 2 aromatic heterocycles.